The highest BCUT2D eigenvalue weighted by Crippen LogP contribution is 2.21. The van der Waals surface area contributed by atoms with Crippen molar-refractivity contribution in [2.45, 2.75) is 26.8 Å². The van der Waals surface area contributed by atoms with E-state index in [2.05, 4.69) is 28.9 Å². The van der Waals surface area contributed by atoms with Gasteiger partial charge in [0.15, 0.2) is 0 Å². The van der Waals surface area contributed by atoms with Crippen LogP contribution in [0.4, 0.5) is 0 Å². The first kappa shape index (κ1) is 16.1. The van der Waals surface area contributed by atoms with Gasteiger partial charge in [0.2, 0.25) is 10.0 Å². The lowest BCUT2D eigenvalue weighted by molar-refractivity contribution is 0.404. The minimum Gasteiger partial charge on any atom is -0.307 e. The summed E-state index contributed by atoms with van der Waals surface area (Å²) in [4.78, 5) is 4.43. The van der Waals surface area contributed by atoms with E-state index < -0.39 is 10.0 Å². The molecule has 19 heavy (non-hydrogen) atoms. The molecule has 0 amide bonds. The summed E-state index contributed by atoms with van der Waals surface area (Å²) in [5, 5.41) is 3.36. The van der Waals surface area contributed by atoms with E-state index in [0.29, 0.717) is 19.0 Å². The van der Waals surface area contributed by atoms with Gasteiger partial charge in [-0.1, -0.05) is 19.9 Å². The van der Waals surface area contributed by atoms with Gasteiger partial charge in [0.05, 0.1) is 18.0 Å². The molecule has 1 atom stereocenters. The number of nitrogens with one attached hydrogen (secondary N) is 2. The fourth-order valence-electron chi connectivity index (χ4n) is 1.94. The van der Waals surface area contributed by atoms with E-state index in [0.717, 1.165) is 17.5 Å². The molecule has 1 aromatic rings. The van der Waals surface area contributed by atoms with E-state index >= 15 is 0 Å². The predicted molar refractivity (Wildman–Crippen MR) is 77.4 cm³/mol. The molecule has 0 aliphatic heterocycles. The van der Waals surface area contributed by atoms with Crippen molar-refractivity contribution in [3.63, 3.8) is 0 Å². The molecular weight excluding hydrogens is 262 g/mol. The molecule has 0 aliphatic rings. The maximum atomic E-state index is 11.0. The zero-order valence-corrected chi connectivity index (χ0v) is 12.8. The van der Waals surface area contributed by atoms with Crippen LogP contribution in [0.25, 0.3) is 0 Å². The molecule has 0 aromatic carbocycles. The summed E-state index contributed by atoms with van der Waals surface area (Å²) in [5.41, 5.74) is 2.17. The molecule has 108 valence electrons. The lowest BCUT2D eigenvalue weighted by Crippen LogP contribution is -2.35. The van der Waals surface area contributed by atoms with Gasteiger partial charge in [0.25, 0.3) is 0 Å². The maximum absolute atomic E-state index is 11.0. The van der Waals surface area contributed by atoms with Crippen molar-refractivity contribution < 1.29 is 8.42 Å². The van der Waals surface area contributed by atoms with Crippen molar-refractivity contribution in [3.8, 4) is 0 Å². The minimum absolute atomic E-state index is 0.127. The Balaban J connectivity index is 2.63. The third-order valence-electron chi connectivity index (χ3n) is 2.86. The first-order valence-electron chi connectivity index (χ1n) is 6.41. The summed E-state index contributed by atoms with van der Waals surface area (Å²) in [5.74, 6) is 0.381. The van der Waals surface area contributed by atoms with E-state index in [1.165, 1.54) is 0 Å². The molecule has 0 saturated carbocycles. The highest BCUT2D eigenvalue weighted by Gasteiger charge is 2.18. The van der Waals surface area contributed by atoms with Gasteiger partial charge in [-0.25, -0.2) is 13.1 Å². The Hall–Kier alpha value is -0.980. The molecule has 6 heteroatoms. The van der Waals surface area contributed by atoms with Crippen LogP contribution in [-0.2, 0) is 10.0 Å². The molecule has 1 aromatic heterocycles. The Bertz CT molecular complexity index is 500. The molecule has 0 spiro atoms. The quantitative estimate of drug-likeness (QED) is 0.739. The van der Waals surface area contributed by atoms with Gasteiger partial charge < -0.3 is 5.32 Å². The number of rotatable bonds is 7. The largest absolute Gasteiger partial charge is 0.307 e. The van der Waals surface area contributed by atoms with Crippen molar-refractivity contribution in [2.24, 2.45) is 5.92 Å². The van der Waals surface area contributed by atoms with Crippen molar-refractivity contribution in [2.75, 3.05) is 19.3 Å². The Morgan fingerprint density at radius 1 is 1.32 bits per heavy atom. The number of sulfonamides is 1. The third kappa shape index (κ3) is 5.67. The molecule has 0 aliphatic carbocycles. The van der Waals surface area contributed by atoms with E-state index in [1.54, 1.807) is 6.20 Å². The molecule has 0 saturated heterocycles. The zero-order chi connectivity index (χ0) is 14.5. The molecule has 2 N–H and O–H groups in total. The number of nitrogens with zero attached hydrogens (tertiary/aromatic N) is 1. The maximum Gasteiger partial charge on any atom is 0.208 e. The van der Waals surface area contributed by atoms with Crippen LogP contribution in [-0.4, -0.2) is 32.7 Å². The van der Waals surface area contributed by atoms with Crippen LogP contribution in [0.15, 0.2) is 18.3 Å². The van der Waals surface area contributed by atoms with Crippen LogP contribution in [0.3, 0.4) is 0 Å². The van der Waals surface area contributed by atoms with Crippen LogP contribution in [0, 0.1) is 12.8 Å². The van der Waals surface area contributed by atoms with Crippen molar-refractivity contribution in [3.05, 3.63) is 29.6 Å². The summed E-state index contributed by atoms with van der Waals surface area (Å²) in [6.45, 7) is 7.24. The van der Waals surface area contributed by atoms with Gasteiger partial charge in [0, 0.05) is 19.3 Å². The highest BCUT2D eigenvalue weighted by atomic mass is 32.2. The second-order valence-electron chi connectivity index (χ2n) is 5.05. The SMILES string of the molecule is Cc1cccnc1C(NCCNS(C)(=O)=O)C(C)C. The molecule has 1 unspecified atom stereocenters. The minimum atomic E-state index is -3.12. The van der Waals surface area contributed by atoms with Gasteiger partial charge in [-0.15, -0.1) is 0 Å². The zero-order valence-electron chi connectivity index (χ0n) is 12.0. The smallest absolute Gasteiger partial charge is 0.208 e. The van der Waals surface area contributed by atoms with Crippen LogP contribution >= 0.6 is 0 Å². The standard InChI is InChI=1S/C13H23N3O2S/c1-10(2)12(13-11(3)6-5-7-14-13)15-8-9-16-19(4,17)18/h5-7,10,12,15-16H,8-9H2,1-4H3. The number of hydrogen-bond acceptors (Lipinski definition) is 4. The fourth-order valence-corrected chi connectivity index (χ4v) is 2.41. The summed E-state index contributed by atoms with van der Waals surface area (Å²) >= 11 is 0. The van der Waals surface area contributed by atoms with Crippen LogP contribution in [0.2, 0.25) is 0 Å². The molecule has 0 bridgehead atoms. The van der Waals surface area contributed by atoms with Crippen LogP contribution in [0.1, 0.15) is 31.1 Å². The Kier molecular flexibility index (Phi) is 5.90. The summed E-state index contributed by atoms with van der Waals surface area (Å²) in [7, 11) is -3.12. The highest BCUT2D eigenvalue weighted by molar-refractivity contribution is 7.88. The van der Waals surface area contributed by atoms with Crippen molar-refractivity contribution in [1.29, 1.82) is 0 Å². The monoisotopic (exact) mass is 285 g/mol. The Labute approximate surface area is 115 Å². The first-order chi connectivity index (χ1) is 8.81. The molecule has 0 radical (unpaired) electrons. The lowest BCUT2D eigenvalue weighted by Gasteiger charge is -2.23. The summed E-state index contributed by atoms with van der Waals surface area (Å²) in [6.07, 6.45) is 2.95. The first-order valence-corrected chi connectivity index (χ1v) is 8.30. The number of pyridine rings is 1. The Morgan fingerprint density at radius 2 is 2.00 bits per heavy atom. The van der Waals surface area contributed by atoms with Gasteiger partial charge in [0.1, 0.15) is 0 Å². The molecule has 1 rings (SSSR count). The second kappa shape index (κ2) is 6.98. The lowest BCUT2D eigenvalue weighted by atomic mass is 9.97. The van der Waals surface area contributed by atoms with E-state index in [9.17, 15) is 8.42 Å². The van der Waals surface area contributed by atoms with Crippen LogP contribution < -0.4 is 10.0 Å². The van der Waals surface area contributed by atoms with Gasteiger partial charge in [-0.2, -0.15) is 0 Å². The molecule has 5 nitrogen and oxygen atoms in total. The predicted octanol–water partition coefficient (Wildman–Crippen LogP) is 1.23. The second-order valence-corrected chi connectivity index (χ2v) is 6.88. The van der Waals surface area contributed by atoms with E-state index in [4.69, 9.17) is 0 Å². The molecular formula is C13H23N3O2S. The van der Waals surface area contributed by atoms with Gasteiger partial charge in [-0.05, 0) is 24.5 Å². The topological polar surface area (TPSA) is 71.1 Å². The summed E-state index contributed by atoms with van der Waals surface area (Å²) in [6, 6.07) is 4.08. The van der Waals surface area contributed by atoms with Gasteiger partial charge >= 0.3 is 0 Å². The van der Waals surface area contributed by atoms with Gasteiger partial charge in [-0.3, -0.25) is 4.98 Å². The van der Waals surface area contributed by atoms with Crippen LogP contribution in [0.5, 0.6) is 0 Å². The normalized spacial score (nSPS) is 13.7. The number of aryl methyl sites for hydroxylation is 1. The summed E-state index contributed by atoms with van der Waals surface area (Å²) < 4.78 is 24.4. The number of hydrogen-bond donors (Lipinski definition) is 2. The Morgan fingerprint density at radius 3 is 2.53 bits per heavy atom. The average Bonchev–Trinajstić information content (AvgIpc) is 2.29. The van der Waals surface area contributed by atoms with Crippen molar-refractivity contribution in [1.82, 2.24) is 15.0 Å². The fraction of sp³-hybridized carbons (Fsp3) is 0.615. The van der Waals surface area contributed by atoms with Crippen molar-refractivity contribution >= 4 is 10.0 Å². The third-order valence-corrected chi connectivity index (χ3v) is 3.59. The van der Waals surface area contributed by atoms with E-state index in [1.807, 2.05) is 19.1 Å². The molecule has 0 fully saturated rings. The number of aromatic nitrogens is 1. The average molecular weight is 285 g/mol. The molecule has 1 heterocycles. The van der Waals surface area contributed by atoms with E-state index in [-0.39, 0.29) is 6.04 Å².